The van der Waals surface area contributed by atoms with Crippen LogP contribution in [0.2, 0.25) is 0 Å². The molecule has 0 saturated heterocycles. The van der Waals surface area contributed by atoms with Gasteiger partial charge in [-0.25, -0.2) is 0 Å². The van der Waals surface area contributed by atoms with Crippen LogP contribution in [-0.2, 0) is 9.59 Å². The van der Waals surface area contributed by atoms with Gasteiger partial charge in [0.2, 0.25) is 0 Å². The third kappa shape index (κ3) is 2.93. The number of carboxylic acids is 2. The zero-order chi connectivity index (χ0) is 21.1. The number of carboxylic acid groups (broad SMARTS) is 2. The summed E-state index contributed by atoms with van der Waals surface area (Å²) < 4.78 is 0. The van der Waals surface area contributed by atoms with Gasteiger partial charge in [0.1, 0.15) is 0 Å². The molecule has 0 aromatic carbocycles. The van der Waals surface area contributed by atoms with Crippen molar-refractivity contribution >= 4 is 11.9 Å². The molecular formula is C24H38O4. The summed E-state index contributed by atoms with van der Waals surface area (Å²) in [5, 5.41) is 20.0. The molecule has 0 aromatic heterocycles. The van der Waals surface area contributed by atoms with Crippen molar-refractivity contribution in [2.24, 2.45) is 45.8 Å². The average molecular weight is 391 g/mol. The van der Waals surface area contributed by atoms with Gasteiger partial charge in [-0.2, -0.15) is 0 Å². The summed E-state index contributed by atoms with van der Waals surface area (Å²) in [6, 6.07) is 0. The van der Waals surface area contributed by atoms with Gasteiger partial charge in [-0.15, -0.1) is 0 Å². The summed E-state index contributed by atoms with van der Waals surface area (Å²) in [5.41, 5.74) is 0.425. The monoisotopic (exact) mass is 390 g/mol. The van der Waals surface area contributed by atoms with Crippen LogP contribution in [0.25, 0.3) is 0 Å². The first kappa shape index (κ1) is 21.4. The predicted octanol–water partition coefficient (Wildman–Crippen LogP) is 5.62. The van der Waals surface area contributed by atoms with Gasteiger partial charge < -0.3 is 10.2 Å². The first-order valence-corrected chi connectivity index (χ1v) is 11.1. The van der Waals surface area contributed by atoms with Gasteiger partial charge in [0, 0.05) is 0 Å². The third-order valence-corrected chi connectivity index (χ3v) is 9.38. The van der Waals surface area contributed by atoms with Crippen LogP contribution in [0.5, 0.6) is 0 Å². The molecule has 0 bridgehead atoms. The Morgan fingerprint density at radius 1 is 1.11 bits per heavy atom. The molecule has 4 heteroatoms. The topological polar surface area (TPSA) is 74.6 Å². The van der Waals surface area contributed by atoms with Crippen molar-refractivity contribution < 1.29 is 19.8 Å². The molecule has 0 aromatic rings. The van der Waals surface area contributed by atoms with Crippen LogP contribution in [0.3, 0.4) is 0 Å². The lowest BCUT2D eigenvalue weighted by molar-refractivity contribution is -0.175. The van der Waals surface area contributed by atoms with Gasteiger partial charge >= 0.3 is 11.9 Å². The molecule has 2 saturated carbocycles. The van der Waals surface area contributed by atoms with Gasteiger partial charge in [-0.1, -0.05) is 52.7 Å². The minimum absolute atomic E-state index is 0.0636. The molecule has 0 amide bonds. The van der Waals surface area contributed by atoms with Crippen molar-refractivity contribution in [2.45, 2.75) is 80.1 Å². The Hall–Kier alpha value is -1.32. The Bertz CT molecular complexity index is 695. The third-order valence-electron chi connectivity index (χ3n) is 9.38. The van der Waals surface area contributed by atoms with Crippen LogP contribution in [0.4, 0.5) is 0 Å². The van der Waals surface area contributed by atoms with Gasteiger partial charge in [0.15, 0.2) is 0 Å². The largest absolute Gasteiger partial charge is 0.481 e. The fraction of sp³-hybridized carbons (Fsp3) is 0.833. The van der Waals surface area contributed by atoms with Crippen LogP contribution in [0.15, 0.2) is 11.6 Å². The highest BCUT2D eigenvalue weighted by atomic mass is 16.4. The second kappa shape index (κ2) is 6.88. The number of aliphatic carboxylic acids is 2. The molecule has 0 aliphatic heterocycles. The van der Waals surface area contributed by atoms with Crippen LogP contribution in [0, 0.1) is 45.8 Å². The van der Waals surface area contributed by atoms with Crippen molar-refractivity contribution in [3.63, 3.8) is 0 Å². The molecule has 2 fully saturated rings. The molecule has 158 valence electrons. The number of hydrogen-bond acceptors (Lipinski definition) is 2. The summed E-state index contributed by atoms with van der Waals surface area (Å²) in [5.74, 6) is -0.855. The Morgan fingerprint density at radius 3 is 2.29 bits per heavy atom. The number of fused-ring (bicyclic) bond motifs is 1. The molecule has 3 aliphatic rings. The summed E-state index contributed by atoms with van der Waals surface area (Å²) in [6.07, 6.45) is 7.66. The zero-order valence-electron chi connectivity index (χ0n) is 18.4. The summed E-state index contributed by atoms with van der Waals surface area (Å²) in [4.78, 5) is 24.3. The van der Waals surface area contributed by atoms with E-state index in [-0.39, 0.29) is 34.5 Å². The SMILES string of the molecule is CC(C)C1=CC2(CCC3C(C)(C(=O)O)CCCC3(C)C2C)CC(C(=O)O)C1C. The van der Waals surface area contributed by atoms with Crippen LogP contribution >= 0.6 is 0 Å². The second-order valence-electron chi connectivity index (χ2n) is 10.9. The first-order valence-electron chi connectivity index (χ1n) is 11.1. The predicted molar refractivity (Wildman–Crippen MR) is 110 cm³/mol. The van der Waals surface area contributed by atoms with E-state index < -0.39 is 17.4 Å². The molecule has 3 aliphatic carbocycles. The molecule has 1 spiro atoms. The van der Waals surface area contributed by atoms with Gasteiger partial charge in [-0.05, 0) is 73.5 Å². The summed E-state index contributed by atoms with van der Waals surface area (Å²) in [7, 11) is 0. The van der Waals surface area contributed by atoms with E-state index in [2.05, 4.69) is 40.7 Å². The quantitative estimate of drug-likeness (QED) is 0.613. The van der Waals surface area contributed by atoms with Crippen LogP contribution in [-0.4, -0.2) is 22.2 Å². The van der Waals surface area contributed by atoms with Gasteiger partial charge in [0.25, 0.3) is 0 Å². The average Bonchev–Trinajstić information content (AvgIpc) is 2.60. The van der Waals surface area contributed by atoms with E-state index in [4.69, 9.17) is 0 Å². The number of allylic oxidation sites excluding steroid dienone is 2. The minimum atomic E-state index is -0.684. The molecule has 4 nitrogen and oxygen atoms in total. The van der Waals surface area contributed by atoms with E-state index in [9.17, 15) is 19.8 Å². The summed E-state index contributed by atoms with van der Waals surface area (Å²) >= 11 is 0. The van der Waals surface area contributed by atoms with Gasteiger partial charge in [0.05, 0.1) is 11.3 Å². The maximum atomic E-state index is 12.2. The maximum absolute atomic E-state index is 12.2. The smallest absolute Gasteiger partial charge is 0.309 e. The molecule has 28 heavy (non-hydrogen) atoms. The molecule has 0 heterocycles. The molecule has 7 unspecified atom stereocenters. The Labute approximate surface area is 169 Å². The van der Waals surface area contributed by atoms with Crippen molar-refractivity contribution in [1.29, 1.82) is 0 Å². The lowest BCUT2D eigenvalue weighted by Gasteiger charge is -2.63. The lowest BCUT2D eigenvalue weighted by atomic mass is 9.41. The highest BCUT2D eigenvalue weighted by Crippen LogP contribution is 2.67. The lowest BCUT2D eigenvalue weighted by Crippen LogP contribution is -2.58. The van der Waals surface area contributed by atoms with E-state index in [1.54, 1.807) is 0 Å². The van der Waals surface area contributed by atoms with E-state index in [0.29, 0.717) is 12.3 Å². The second-order valence-corrected chi connectivity index (χ2v) is 10.9. The molecule has 3 rings (SSSR count). The van der Waals surface area contributed by atoms with E-state index in [0.717, 1.165) is 32.1 Å². The maximum Gasteiger partial charge on any atom is 0.309 e. The molecule has 2 N–H and O–H groups in total. The fourth-order valence-corrected chi connectivity index (χ4v) is 7.43. The van der Waals surface area contributed by atoms with E-state index in [1.165, 1.54) is 5.57 Å². The number of carbonyl (C=O) groups is 2. The van der Waals surface area contributed by atoms with Crippen molar-refractivity contribution in [3.05, 3.63) is 11.6 Å². The van der Waals surface area contributed by atoms with Crippen molar-refractivity contribution in [3.8, 4) is 0 Å². The van der Waals surface area contributed by atoms with Crippen molar-refractivity contribution in [1.82, 2.24) is 0 Å². The minimum Gasteiger partial charge on any atom is -0.481 e. The number of rotatable bonds is 3. The molecule has 0 radical (unpaired) electrons. The zero-order valence-corrected chi connectivity index (χ0v) is 18.4. The van der Waals surface area contributed by atoms with E-state index >= 15 is 0 Å². The van der Waals surface area contributed by atoms with Gasteiger partial charge in [-0.3, -0.25) is 9.59 Å². The fourth-order valence-electron chi connectivity index (χ4n) is 7.43. The summed E-state index contributed by atoms with van der Waals surface area (Å²) in [6.45, 7) is 12.9. The Balaban J connectivity index is 2.07. The number of hydrogen-bond donors (Lipinski definition) is 2. The molecule has 7 atom stereocenters. The molecular weight excluding hydrogens is 352 g/mol. The highest BCUT2D eigenvalue weighted by molar-refractivity contribution is 5.75. The van der Waals surface area contributed by atoms with Crippen LogP contribution < -0.4 is 0 Å². The Morgan fingerprint density at radius 2 is 1.75 bits per heavy atom. The Kier molecular flexibility index (Phi) is 5.26. The first-order chi connectivity index (χ1) is 12.9. The standard InChI is InChI=1S/C24H38O4/c1-14(2)17-12-24(13-18(15(17)3)20(25)26)11-8-19-22(5,16(24)4)9-7-10-23(19,6)21(27)28/h12,14-16,18-19H,7-11,13H2,1-6H3,(H,25,26)(H,27,28). The van der Waals surface area contributed by atoms with Crippen LogP contribution in [0.1, 0.15) is 80.1 Å². The normalized spacial score (nSPS) is 46.2. The van der Waals surface area contributed by atoms with Crippen molar-refractivity contribution in [2.75, 3.05) is 0 Å². The highest BCUT2D eigenvalue weighted by Gasteiger charge is 2.62. The van der Waals surface area contributed by atoms with E-state index in [1.807, 2.05) is 6.92 Å².